The molecule has 6 heteroatoms. The quantitative estimate of drug-likeness (QED) is 0.609. The molecule has 0 aliphatic carbocycles. The second-order valence-electron chi connectivity index (χ2n) is 1.54. The van der Waals surface area contributed by atoms with Crippen LogP contribution in [0.5, 0.6) is 0 Å². The van der Waals surface area contributed by atoms with E-state index in [2.05, 4.69) is 0 Å². The first-order valence-corrected chi connectivity index (χ1v) is 2.24. The fourth-order valence-electron chi connectivity index (χ4n) is 0.275. The van der Waals surface area contributed by atoms with Crippen LogP contribution in [0.1, 0.15) is 6.42 Å². The molecule has 0 saturated heterocycles. The summed E-state index contributed by atoms with van der Waals surface area (Å²) in [4.78, 5) is 19.6. The van der Waals surface area contributed by atoms with Crippen LogP contribution >= 0.6 is 0 Å². The fourth-order valence-corrected chi connectivity index (χ4v) is 0.275. The molecule has 0 aromatic heterocycles. The number of nitrogens with two attached hydrogens (primary N) is 1. The molecule has 0 bridgehead atoms. The molecular formula is C4H7NO4Pt. The second-order valence-corrected chi connectivity index (χ2v) is 1.54. The summed E-state index contributed by atoms with van der Waals surface area (Å²) >= 11 is 0. The Kier molecular flexibility index (Phi) is 6.61. The molecular weight excluding hydrogens is 321 g/mol. The van der Waals surface area contributed by atoms with Crippen molar-refractivity contribution in [1.29, 1.82) is 0 Å². The minimum absolute atomic E-state index is 0. The molecule has 62 valence electrons. The zero-order chi connectivity index (χ0) is 7.44. The van der Waals surface area contributed by atoms with Crippen LogP contribution < -0.4 is 5.73 Å². The summed E-state index contributed by atoms with van der Waals surface area (Å²) in [7, 11) is 0. The van der Waals surface area contributed by atoms with Gasteiger partial charge in [-0.2, -0.15) is 0 Å². The smallest absolute Gasteiger partial charge is 0.321 e. The van der Waals surface area contributed by atoms with Gasteiger partial charge in [-0.15, -0.1) is 0 Å². The first kappa shape index (κ1) is 12.3. The summed E-state index contributed by atoms with van der Waals surface area (Å²) < 4.78 is 0. The molecule has 0 aromatic carbocycles. The molecule has 1 atom stereocenters. The monoisotopic (exact) mass is 328 g/mol. The topological polar surface area (TPSA) is 101 Å². The van der Waals surface area contributed by atoms with E-state index >= 15 is 0 Å². The molecule has 0 aliphatic heterocycles. The Morgan fingerprint density at radius 3 is 1.90 bits per heavy atom. The van der Waals surface area contributed by atoms with E-state index in [9.17, 15) is 9.59 Å². The number of carboxylic acid groups (broad SMARTS) is 2. The summed E-state index contributed by atoms with van der Waals surface area (Å²) in [5.41, 5.74) is 4.84. The van der Waals surface area contributed by atoms with Crippen molar-refractivity contribution in [3.63, 3.8) is 0 Å². The number of carboxylic acids is 2. The Labute approximate surface area is 71.5 Å². The fraction of sp³-hybridized carbons (Fsp3) is 0.500. The van der Waals surface area contributed by atoms with Crippen molar-refractivity contribution in [2.45, 2.75) is 12.5 Å². The van der Waals surface area contributed by atoms with E-state index in [1.807, 2.05) is 0 Å². The molecule has 0 aromatic rings. The third-order valence-electron chi connectivity index (χ3n) is 0.712. The van der Waals surface area contributed by atoms with Crippen LogP contribution in [0.3, 0.4) is 0 Å². The number of rotatable bonds is 3. The SMILES string of the molecule is N[C@@H](CC(=O)O)C(=O)O.[Pt]. The van der Waals surface area contributed by atoms with E-state index < -0.39 is 24.4 Å². The van der Waals surface area contributed by atoms with Crippen LogP contribution in [-0.4, -0.2) is 28.2 Å². The standard InChI is InChI=1S/C4H7NO4.Pt/c5-2(4(8)9)1-3(6)7;/h2H,1,5H2,(H,6,7)(H,8,9);/t2-;/m0./s1. The Hall–Kier alpha value is -0.412. The van der Waals surface area contributed by atoms with Crippen molar-refractivity contribution in [2.75, 3.05) is 0 Å². The van der Waals surface area contributed by atoms with Crippen LogP contribution in [0.25, 0.3) is 0 Å². The average Bonchev–Trinajstić information content (AvgIpc) is 1.63. The van der Waals surface area contributed by atoms with Gasteiger partial charge in [0.2, 0.25) is 0 Å². The molecule has 10 heavy (non-hydrogen) atoms. The van der Waals surface area contributed by atoms with Crippen molar-refractivity contribution in [3.8, 4) is 0 Å². The van der Waals surface area contributed by atoms with Gasteiger partial charge in [-0.1, -0.05) is 0 Å². The van der Waals surface area contributed by atoms with Gasteiger partial charge in [0.15, 0.2) is 0 Å². The van der Waals surface area contributed by atoms with Gasteiger partial charge in [0.1, 0.15) is 6.04 Å². The van der Waals surface area contributed by atoms with Crippen molar-refractivity contribution in [1.82, 2.24) is 0 Å². The maximum absolute atomic E-state index is 9.85. The van der Waals surface area contributed by atoms with E-state index in [0.717, 1.165) is 0 Å². The summed E-state index contributed by atoms with van der Waals surface area (Å²) in [6.07, 6.45) is -0.532. The predicted octanol–water partition coefficient (Wildman–Crippen LogP) is -1.13. The zero-order valence-corrected chi connectivity index (χ0v) is 7.16. The van der Waals surface area contributed by atoms with E-state index in [1.54, 1.807) is 0 Å². The zero-order valence-electron chi connectivity index (χ0n) is 4.89. The minimum Gasteiger partial charge on any atom is -0.481 e. The molecule has 4 N–H and O–H groups in total. The molecule has 0 heterocycles. The third-order valence-corrected chi connectivity index (χ3v) is 0.712. The van der Waals surface area contributed by atoms with Crippen LogP contribution in [-0.2, 0) is 30.7 Å². The number of hydrogen-bond donors (Lipinski definition) is 3. The summed E-state index contributed by atoms with van der Waals surface area (Å²) in [6, 6.07) is -1.29. The molecule has 0 fully saturated rings. The van der Waals surface area contributed by atoms with Crippen molar-refractivity contribution in [3.05, 3.63) is 0 Å². The molecule has 0 saturated carbocycles. The van der Waals surface area contributed by atoms with Gasteiger partial charge in [0.25, 0.3) is 0 Å². The Morgan fingerprint density at radius 1 is 1.40 bits per heavy atom. The van der Waals surface area contributed by atoms with Gasteiger partial charge in [0, 0.05) is 21.1 Å². The van der Waals surface area contributed by atoms with Crippen molar-refractivity contribution in [2.24, 2.45) is 5.73 Å². The number of aliphatic carboxylic acids is 2. The Bertz CT molecular complexity index is 137. The van der Waals surface area contributed by atoms with E-state index in [4.69, 9.17) is 15.9 Å². The minimum atomic E-state index is -1.29. The first-order chi connectivity index (χ1) is 4.04. The normalized spacial score (nSPS) is 11.3. The Balaban J connectivity index is 0. The van der Waals surface area contributed by atoms with E-state index in [-0.39, 0.29) is 21.1 Å². The first-order valence-electron chi connectivity index (χ1n) is 2.24. The molecule has 0 unspecified atom stereocenters. The van der Waals surface area contributed by atoms with Gasteiger partial charge in [-0.25, -0.2) is 0 Å². The molecule has 0 amide bonds. The van der Waals surface area contributed by atoms with Gasteiger partial charge < -0.3 is 15.9 Å². The number of carbonyl (C=O) groups is 2. The third kappa shape index (κ3) is 5.72. The molecule has 0 aliphatic rings. The van der Waals surface area contributed by atoms with E-state index in [0.29, 0.717) is 0 Å². The molecule has 0 rings (SSSR count). The van der Waals surface area contributed by atoms with Crippen molar-refractivity contribution < 1.29 is 40.9 Å². The maximum Gasteiger partial charge on any atom is 0.321 e. The largest absolute Gasteiger partial charge is 0.481 e. The van der Waals surface area contributed by atoms with Gasteiger partial charge in [-0.3, -0.25) is 9.59 Å². The van der Waals surface area contributed by atoms with E-state index in [1.165, 1.54) is 0 Å². The van der Waals surface area contributed by atoms with Gasteiger partial charge >= 0.3 is 11.9 Å². The maximum atomic E-state index is 9.85. The molecule has 5 nitrogen and oxygen atoms in total. The Morgan fingerprint density at radius 2 is 1.80 bits per heavy atom. The average molecular weight is 328 g/mol. The summed E-state index contributed by atoms with van der Waals surface area (Å²) in [5.74, 6) is -2.50. The van der Waals surface area contributed by atoms with Gasteiger partial charge in [-0.05, 0) is 0 Å². The van der Waals surface area contributed by atoms with Crippen molar-refractivity contribution >= 4 is 11.9 Å². The predicted molar refractivity (Wildman–Crippen MR) is 27.9 cm³/mol. The molecule has 0 radical (unpaired) electrons. The van der Waals surface area contributed by atoms with Crippen LogP contribution in [0, 0.1) is 0 Å². The van der Waals surface area contributed by atoms with Crippen LogP contribution in [0.4, 0.5) is 0 Å². The molecule has 0 spiro atoms. The summed E-state index contributed by atoms with van der Waals surface area (Å²) in [6.45, 7) is 0. The summed E-state index contributed by atoms with van der Waals surface area (Å²) in [5, 5.41) is 16.0. The van der Waals surface area contributed by atoms with Crippen LogP contribution in [0.15, 0.2) is 0 Å². The van der Waals surface area contributed by atoms with Crippen LogP contribution in [0.2, 0.25) is 0 Å². The number of hydrogen-bond acceptors (Lipinski definition) is 3. The van der Waals surface area contributed by atoms with Gasteiger partial charge in [0.05, 0.1) is 6.42 Å². The second kappa shape index (κ2) is 5.38.